The Labute approximate surface area is 123 Å². The quantitative estimate of drug-likeness (QED) is 0.769. The number of nitrogens with zero attached hydrogens (tertiary/aromatic N) is 1. The summed E-state index contributed by atoms with van der Waals surface area (Å²) in [7, 11) is 1.62. The summed E-state index contributed by atoms with van der Waals surface area (Å²) in [5.74, 6) is 1.40. The number of ether oxygens (including phenoxy) is 1. The average Bonchev–Trinajstić information content (AvgIpc) is 2.84. The summed E-state index contributed by atoms with van der Waals surface area (Å²) in [5.41, 5.74) is 4.02. The molecule has 1 heterocycles. The first kappa shape index (κ1) is 14.4. The van der Waals surface area contributed by atoms with Gasteiger partial charge in [0.2, 0.25) is 0 Å². The second-order valence-electron chi connectivity index (χ2n) is 4.91. The molecule has 2 nitrogen and oxygen atoms in total. The van der Waals surface area contributed by atoms with Crippen molar-refractivity contribution in [2.24, 2.45) is 5.92 Å². The van der Waals surface area contributed by atoms with Gasteiger partial charge in [-0.2, -0.15) is 0 Å². The van der Waals surface area contributed by atoms with Crippen LogP contribution in [0.1, 0.15) is 25.1 Å². The van der Waals surface area contributed by atoms with Gasteiger partial charge >= 0.3 is 0 Å². The first-order valence-electron chi connectivity index (χ1n) is 6.38. The number of benzene rings is 1. The molecule has 2 aromatic rings. The van der Waals surface area contributed by atoms with E-state index in [1.165, 1.54) is 11.3 Å². The maximum atomic E-state index is 6.18. The molecule has 4 heteroatoms. The van der Waals surface area contributed by atoms with Crippen molar-refractivity contribution in [3.8, 4) is 17.0 Å². The van der Waals surface area contributed by atoms with Gasteiger partial charge in [-0.15, -0.1) is 11.3 Å². The fourth-order valence-corrected chi connectivity index (χ4v) is 2.98. The molecule has 0 atom stereocenters. The van der Waals surface area contributed by atoms with E-state index in [0.717, 1.165) is 17.7 Å². The molecule has 0 aliphatic carbocycles. The molecule has 0 aliphatic heterocycles. The SMILES string of the molecule is COc1ccc(-c2ncsc2CCC(C)C)cc1Cl. The Morgan fingerprint density at radius 1 is 1.37 bits per heavy atom. The molecular formula is C15H18ClNOS. The van der Waals surface area contributed by atoms with Crippen LogP contribution in [0.4, 0.5) is 0 Å². The third kappa shape index (κ3) is 3.48. The number of rotatable bonds is 5. The van der Waals surface area contributed by atoms with Crippen LogP contribution in [0.5, 0.6) is 5.75 Å². The predicted molar refractivity (Wildman–Crippen MR) is 82.3 cm³/mol. The molecule has 0 radical (unpaired) electrons. The van der Waals surface area contributed by atoms with Crippen molar-refractivity contribution in [3.63, 3.8) is 0 Å². The summed E-state index contributed by atoms with van der Waals surface area (Å²) in [6, 6.07) is 5.83. The van der Waals surface area contributed by atoms with Gasteiger partial charge < -0.3 is 4.74 Å². The van der Waals surface area contributed by atoms with Crippen molar-refractivity contribution >= 4 is 22.9 Å². The lowest BCUT2D eigenvalue weighted by molar-refractivity contribution is 0.415. The Kier molecular flexibility index (Phi) is 4.83. The number of aromatic nitrogens is 1. The Morgan fingerprint density at radius 2 is 2.16 bits per heavy atom. The van der Waals surface area contributed by atoms with Gasteiger partial charge in [-0.05, 0) is 37.0 Å². The van der Waals surface area contributed by atoms with E-state index in [9.17, 15) is 0 Å². The summed E-state index contributed by atoms with van der Waals surface area (Å²) in [6.07, 6.45) is 2.25. The molecule has 0 saturated carbocycles. The van der Waals surface area contributed by atoms with E-state index in [-0.39, 0.29) is 0 Å². The van der Waals surface area contributed by atoms with Gasteiger partial charge in [0.1, 0.15) is 5.75 Å². The third-order valence-corrected chi connectivity index (χ3v) is 4.20. The van der Waals surface area contributed by atoms with Crippen LogP contribution in [0.2, 0.25) is 5.02 Å². The number of thiazole rings is 1. The largest absolute Gasteiger partial charge is 0.495 e. The highest BCUT2D eigenvalue weighted by Crippen LogP contribution is 2.33. The van der Waals surface area contributed by atoms with Crippen LogP contribution in [0.25, 0.3) is 11.3 Å². The molecule has 0 bridgehead atoms. The Morgan fingerprint density at radius 3 is 2.79 bits per heavy atom. The minimum atomic E-state index is 0.628. The summed E-state index contributed by atoms with van der Waals surface area (Å²) >= 11 is 7.89. The zero-order chi connectivity index (χ0) is 13.8. The standard InChI is InChI=1S/C15H18ClNOS/c1-10(2)4-7-14-15(17-9-19-14)11-5-6-13(18-3)12(16)8-11/h5-6,8-10H,4,7H2,1-3H3. The monoisotopic (exact) mass is 295 g/mol. The van der Waals surface area contributed by atoms with Gasteiger partial charge in [0, 0.05) is 10.4 Å². The molecule has 102 valence electrons. The van der Waals surface area contributed by atoms with Gasteiger partial charge in [-0.1, -0.05) is 25.4 Å². The number of aryl methyl sites for hydroxylation is 1. The predicted octanol–water partition coefficient (Wildman–Crippen LogP) is 5.06. The second kappa shape index (κ2) is 6.40. The van der Waals surface area contributed by atoms with Crippen LogP contribution in [0.15, 0.2) is 23.7 Å². The lowest BCUT2D eigenvalue weighted by Gasteiger charge is -2.07. The van der Waals surface area contributed by atoms with Crippen LogP contribution in [0, 0.1) is 5.92 Å². The molecule has 0 unspecified atom stereocenters. The minimum Gasteiger partial charge on any atom is -0.495 e. The lowest BCUT2D eigenvalue weighted by atomic mass is 10.0. The maximum absolute atomic E-state index is 6.18. The van der Waals surface area contributed by atoms with Gasteiger partial charge in [0.25, 0.3) is 0 Å². The molecule has 1 aromatic carbocycles. The van der Waals surface area contributed by atoms with E-state index in [1.807, 2.05) is 23.7 Å². The molecular weight excluding hydrogens is 278 g/mol. The van der Waals surface area contributed by atoms with Crippen molar-refractivity contribution in [2.75, 3.05) is 7.11 Å². The molecule has 0 aliphatic rings. The molecule has 19 heavy (non-hydrogen) atoms. The summed E-state index contributed by atoms with van der Waals surface area (Å²) in [4.78, 5) is 5.81. The second-order valence-corrected chi connectivity index (χ2v) is 6.25. The molecule has 0 saturated heterocycles. The fraction of sp³-hybridized carbons (Fsp3) is 0.400. The summed E-state index contributed by atoms with van der Waals surface area (Å²) in [5, 5.41) is 0.628. The zero-order valence-electron chi connectivity index (χ0n) is 11.4. The van der Waals surface area contributed by atoms with Crippen molar-refractivity contribution < 1.29 is 4.74 Å². The van der Waals surface area contributed by atoms with Crippen LogP contribution >= 0.6 is 22.9 Å². The number of hydrogen-bond donors (Lipinski definition) is 0. The number of methoxy groups -OCH3 is 1. The van der Waals surface area contributed by atoms with Gasteiger partial charge in [0.05, 0.1) is 23.3 Å². The first-order chi connectivity index (χ1) is 9.11. The van der Waals surface area contributed by atoms with Crippen LogP contribution in [-0.4, -0.2) is 12.1 Å². The van der Waals surface area contributed by atoms with E-state index in [4.69, 9.17) is 16.3 Å². The van der Waals surface area contributed by atoms with Crippen LogP contribution in [-0.2, 0) is 6.42 Å². The van der Waals surface area contributed by atoms with Gasteiger partial charge in [-0.25, -0.2) is 4.98 Å². The van der Waals surface area contributed by atoms with Crippen molar-refractivity contribution in [1.29, 1.82) is 0 Å². The van der Waals surface area contributed by atoms with E-state index < -0.39 is 0 Å². The smallest absolute Gasteiger partial charge is 0.137 e. The number of hydrogen-bond acceptors (Lipinski definition) is 3. The highest BCUT2D eigenvalue weighted by molar-refractivity contribution is 7.10. The molecule has 2 rings (SSSR count). The van der Waals surface area contributed by atoms with Gasteiger partial charge in [-0.3, -0.25) is 0 Å². The summed E-state index contributed by atoms with van der Waals surface area (Å²) < 4.78 is 5.18. The van der Waals surface area contributed by atoms with Crippen molar-refractivity contribution in [3.05, 3.63) is 33.6 Å². The lowest BCUT2D eigenvalue weighted by Crippen LogP contribution is -1.92. The highest BCUT2D eigenvalue weighted by atomic mass is 35.5. The Bertz CT molecular complexity index is 551. The topological polar surface area (TPSA) is 22.1 Å². The van der Waals surface area contributed by atoms with Gasteiger partial charge in [0.15, 0.2) is 0 Å². The molecule has 0 amide bonds. The average molecular weight is 296 g/mol. The third-order valence-electron chi connectivity index (χ3n) is 3.01. The van der Waals surface area contributed by atoms with E-state index in [2.05, 4.69) is 18.8 Å². The molecule has 0 spiro atoms. The van der Waals surface area contributed by atoms with E-state index in [1.54, 1.807) is 18.4 Å². The Balaban J connectivity index is 2.27. The van der Waals surface area contributed by atoms with E-state index >= 15 is 0 Å². The minimum absolute atomic E-state index is 0.628. The fourth-order valence-electron chi connectivity index (χ4n) is 1.92. The van der Waals surface area contributed by atoms with Crippen LogP contribution < -0.4 is 4.74 Å². The zero-order valence-corrected chi connectivity index (χ0v) is 13.0. The first-order valence-corrected chi connectivity index (χ1v) is 7.64. The van der Waals surface area contributed by atoms with E-state index in [0.29, 0.717) is 16.7 Å². The molecule has 1 aromatic heterocycles. The highest BCUT2D eigenvalue weighted by Gasteiger charge is 2.11. The molecule has 0 N–H and O–H groups in total. The van der Waals surface area contributed by atoms with Crippen molar-refractivity contribution in [2.45, 2.75) is 26.7 Å². The van der Waals surface area contributed by atoms with Crippen LogP contribution in [0.3, 0.4) is 0 Å². The Hall–Kier alpha value is -1.06. The van der Waals surface area contributed by atoms with Crippen molar-refractivity contribution in [1.82, 2.24) is 4.98 Å². The summed E-state index contributed by atoms with van der Waals surface area (Å²) in [6.45, 7) is 4.48. The maximum Gasteiger partial charge on any atom is 0.137 e. The molecule has 0 fully saturated rings. The normalized spacial score (nSPS) is 11.0. The number of halogens is 1.